The number of carbonyl (C=O) groups excluding carboxylic acids is 2. The number of benzene rings is 2. The molecule has 0 radical (unpaired) electrons. The molecule has 154 valence electrons. The van der Waals surface area contributed by atoms with Gasteiger partial charge in [0.1, 0.15) is 5.82 Å². The lowest BCUT2D eigenvalue weighted by atomic mass is 9.91. The standard InChI is InChI=1S/C23H22FN3O3/c24-17-5-6-19-20(14-17)30-25-22(19)15-7-9-26(10-8-15)11-12-27-21(28)13-16-3-1-2-4-18(16)23(27)29/h1-6,14-15H,7-13H2. The number of likely N-dealkylation sites (tertiary alicyclic amines) is 1. The number of rotatable bonds is 4. The Balaban J connectivity index is 1.20. The van der Waals surface area contributed by atoms with Gasteiger partial charge in [0.2, 0.25) is 5.91 Å². The first-order chi connectivity index (χ1) is 14.6. The summed E-state index contributed by atoms with van der Waals surface area (Å²) >= 11 is 0. The lowest BCUT2D eigenvalue weighted by molar-refractivity contribution is -0.128. The summed E-state index contributed by atoms with van der Waals surface area (Å²) in [5.41, 5.74) is 2.81. The van der Waals surface area contributed by atoms with E-state index in [2.05, 4.69) is 10.1 Å². The Morgan fingerprint density at radius 3 is 2.70 bits per heavy atom. The van der Waals surface area contributed by atoms with E-state index in [1.165, 1.54) is 17.0 Å². The molecule has 0 N–H and O–H groups in total. The van der Waals surface area contributed by atoms with Crippen LogP contribution in [0.15, 0.2) is 47.0 Å². The Kier molecular flexibility index (Phi) is 4.83. The van der Waals surface area contributed by atoms with Gasteiger partial charge in [-0.05, 0) is 49.7 Å². The minimum Gasteiger partial charge on any atom is -0.356 e. The molecule has 0 atom stereocenters. The first kappa shape index (κ1) is 18.9. The first-order valence-corrected chi connectivity index (χ1v) is 10.3. The van der Waals surface area contributed by atoms with E-state index < -0.39 is 0 Å². The third kappa shape index (κ3) is 3.39. The van der Waals surface area contributed by atoms with Gasteiger partial charge >= 0.3 is 0 Å². The fourth-order valence-electron chi connectivity index (χ4n) is 4.52. The average Bonchev–Trinajstić information content (AvgIpc) is 3.17. The van der Waals surface area contributed by atoms with Gasteiger partial charge in [-0.3, -0.25) is 14.5 Å². The van der Waals surface area contributed by atoms with Crippen LogP contribution in [0.1, 0.15) is 40.4 Å². The molecule has 1 aromatic heterocycles. The van der Waals surface area contributed by atoms with E-state index in [0.29, 0.717) is 24.2 Å². The Morgan fingerprint density at radius 1 is 1.07 bits per heavy atom. The highest BCUT2D eigenvalue weighted by molar-refractivity contribution is 6.09. The highest BCUT2D eigenvalue weighted by Crippen LogP contribution is 2.32. The zero-order chi connectivity index (χ0) is 20.7. The Hall–Kier alpha value is -3.06. The van der Waals surface area contributed by atoms with Crippen molar-refractivity contribution in [2.75, 3.05) is 26.2 Å². The lowest BCUT2D eigenvalue weighted by Crippen LogP contribution is -2.47. The van der Waals surface area contributed by atoms with Crippen molar-refractivity contribution >= 4 is 22.8 Å². The second-order valence-electron chi connectivity index (χ2n) is 8.01. The molecule has 3 aromatic rings. The van der Waals surface area contributed by atoms with Crippen LogP contribution in [0.5, 0.6) is 0 Å². The molecule has 0 saturated carbocycles. The molecular formula is C23H22FN3O3. The molecular weight excluding hydrogens is 385 g/mol. The van der Waals surface area contributed by atoms with Crippen LogP contribution in [0.3, 0.4) is 0 Å². The van der Waals surface area contributed by atoms with Crippen molar-refractivity contribution in [1.29, 1.82) is 0 Å². The van der Waals surface area contributed by atoms with Crippen LogP contribution in [0.4, 0.5) is 4.39 Å². The average molecular weight is 407 g/mol. The van der Waals surface area contributed by atoms with Gasteiger partial charge in [0.25, 0.3) is 5.91 Å². The molecule has 30 heavy (non-hydrogen) atoms. The van der Waals surface area contributed by atoms with Crippen molar-refractivity contribution in [2.24, 2.45) is 0 Å². The monoisotopic (exact) mass is 407 g/mol. The molecule has 2 aromatic carbocycles. The first-order valence-electron chi connectivity index (χ1n) is 10.3. The van der Waals surface area contributed by atoms with Crippen LogP contribution in [0.2, 0.25) is 0 Å². The Labute approximate surface area is 173 Å². The van der Waals surface area contributed by atoms with Crippen LogP contribution in [0, 0.1) is 5.82 Å². The van der Waals surface area contributed by atoms with Crippen LogP contribution in [0.25, 0.3) is 11.0 Å². The SMILES string of the molecule is O=C1Cc2ccccc2C(=O)N1CCN1CCC(c2noc3cc(F)ccc23)CC1. The van der Waals surface area contributed by atoms with Gasteiger partial charge in [0, 0.05) is 36.0 Å². The predicted octanol–water partition coefficient (Wildman–Crippen LogP) is 3.37. The number of hydrogen-bond acceptors (Lipinski definition) is 5. The molecule has 2 amide bonds. The number of imide groups is 1. The van der Waals surface area contributed by atoms with Crippen molar-refractivity contribution in [1.82, 2.24) is 15.0 Å². The fraction of sp³-hybridized carbons (Fsp3) is 0.348. The molecule has 3 heterocycles. The van der Waals surface area contributed by atoms with Crippen LogP contribution in [-0.2, 0) is 11.2 Å². The van der Waals surface area contributed by atoms with Gasteiger partial charge in [-0.1, -0.05) is 23.4 Å². The van der Waals surface area contributed by atoms with E-state index in [1.54, 1.807) is 12.1 Å². The zero-order valence-electron chi connectivity index (χ0n) is 16.5. The Bertz CT molecular complexity index is 1120. The number of hydrogen-bond donors (Lipinski definition) is 0. The summed E-state index contributed by atoms with van der Waals surface area (Å²) in [6.45, 7) is 2.78. The molecule has 6 nitrogen and oxygen atoms in total. The van der Waals surface area contributed by atoms with Crippen LogP contribution in [-0.4, -0.2) is 52.9 Å². The quantitative estimate of drug-likeness (QED) is 0.621. The molecule has 7 heteroatoms. The molecule has 0 unspecified atom stereocenters. The molecule has 0 spiro atoms. The lowest BCUT2D eigenvalue weighted by Gasteiger charge is -2.33. The van der Waals surface area contributed by atoms with Crippen molar-refractivity contribution < 1.29 is 18.5 Å². The van der Waals surface area contributed by atoms with Gasteiger partial charge in [0.15, 0.2) is 5.58 Å². The third-order valence-corrected chi connectivity index (χ3v) is 6.21. The molecule has 2 aliphatic rings. The van der Waals surface area contributed by atoms with E-state index in [0.717, 1.165) is 42.6 Å². The summed E-state index contributed by atoms with van der Waals surface area (Å²) in [6.07, 6.45) is 2.09. The smallest absolute Gasteiger partial charge is 0.260 e. The number of fused-ring (bicyclic) bond motifs is 2. The van der Waals surface area contributed by atoms with Crippen molar-refractivity contribution in [3.8, 4) is 0 Å². The second kappa shape index (κ2) is 7.65. The largest absolute Gasteiger partial charge is 0.356 e. The van der Waals surface area contributed by atoms with E-state index in [-0.39, 0.29) is 30.0 Å². The summed E-state index contributed by atoms with van der Waals surface area (Å²) < 4.78 is 18.7. The summed E-state index contributed by atoms with van der Waals surface area (Å²) in [4.78, 5) is 28.8. The molecule has 0 bridgehead atoms. The van der Waals surface area contributed by atoms with Crippen LogP contribution >= 0.6 is 0 Å². The number of halogens is 1. The van der Waals surface area contributed by atoms with Gasteiger partial charge < -0.3 is 9.42 Å². The number of piperidine rings is 1. The summed E-state index contributed by atoms with van der Waals surface area (Å²) in [5, 5.41) is 5.06. The van der Waals surface area contributed by atoms with Crippen LogP contribution < -0.4 is 0 Å². The van der Waals surface area contributed by atoms with Gasteiger partial charge in [-0.15, -0.1) is 0 Å². The molecule has 5 rings (SSSR count). The van der Waals surface area contributed by atoms with Crippen molar-refractivity contribution in [2.45, 2.75) is 25.2 Å². The Morgan fingerprint density at radius 2 is 1.87 bits per heavy atom. The van der Waals surface area contributed by atoms with E-state index in [4.69, 9.17) is 4.52 Å². The molecule has 2 aliphatic heterocycles. The van der Waals surface area contributed by atoms with Gasteiger partial charge in [-0.25, -0.2) is 4.39 Å². The second-order valence-corrected chi connectivity index (χ2v) is 8.01. The van der Waals surface area contributed by atoms with Crippen molar-refractivity contribution in [3.05, 3.63) is 65.1 Å². The molecule has 1 saturated heterocycles. The maximum atomic E-state index is 13.4. The number of amides is 2. The third-order valence-electron chi connectivity index (χ3n) is 6.21. The predicted molar refractivity (Wildman–Crippen MR) is 109 cm³/mol. The van der Waals surface area contributed by atoms with Gasteiger partial charge in [0.05, 0.1) is 12.1 Å². The number of carbonyl (C=O) groups is 2. The zero-order valence-corrected chi connectivity index (χ0v) is 16.5. The summed E-state index contributed by atoms with van der Waals surface area (Å²) in [7, 11) is 0. The van der Waals surface area contributed by atoms with E-state index in [9.17, 15) is 14.0 Å². The summed E-state index contributed by atoms with van der Waals surface area (Å²) in [5.74, 6) is -0.393. The number of nitrogens with zero attached hydrogens (tertiary/aromatic N) is 3. The van der Waals surface area contributed by atoms with E-state index >= 15 is 0 Å². The van der Waals surface area contributed by atoms with Gasteiger partial charge in [-0.2, -0.15) is 0 Å². The minimum absolute atomic E-state index is 0.130. The fourth-order valence-corrected chi connectivity index (χ4v) is 4.52. The van der Waals surface area contributed by atoms with Crippen molar-refractivity contribution in [3.63, 3.8) is 0 Å². The normalized spacial score (nSPS) is 18.2. The molecule has 0 aliphatic carbocycles. The summed E-state index contributed by atoms with van der Waals surface area (Å²) in [6, 6.07) is 11.8. The highest BCUT2D eigenvalue weighted by Gasteiger charge is 2.31. The highest BCUT2D eigenvalue weighted by atomic mass is 19.1. The van der Waals surface area contributed by atoms with E-state index in [1.807, 2.05) is 18.2 Å². The topological polar surface area (TPSA) is 66.7 Å². The number of aromatic nitrogens is 1. The minimum atomic E-state index is -0.329. The molecule has 1 fully saturated rings. The maximum absolute atomic E-state index is 13.4. The maximum Gasteiger partial charge on any atom is 0.260 e.